The quantitative estimate of drug-likeness (QED) is 0.751. The summed E-state index contributed by atoms with van der Waals surface area (Å²) in [5, 5.41) is 3.13. The van der Waals surface area contributed by atoms with Gasteiger partial charge in [0.1, 0.15) is 0 Å². The first-order valence-electron chi connectivity index (χ1n) is 7.01. The van der Waals surface area contributed by atoms with Crippen molar-refractivity contribution in [1.82, 2.24) is 10.0 Å². The SMILES string of the molecule is CNS(=O)(=O)c1cccc(CNC(=O)c2cc(SC)ccc2Cl)c1. The van der Waals surface area contributed by atoms with Gasteiger partial charge in [0.2, 0.25) is 10.0 Å². The maximum Gasteiger partial charge on any atom is 0.253 e. The zero-order valence-electron chi connectivity index (χ0n) is 13.2. The molecule has 0 spiro atoms. The first-order valence-corrected chi connectivity index (χ1v) is 10.1. The lowest BCUT2D eigenvalue weighted by molar-refractivity contribution is 0.0951. The predicted octanol–water partition coefficient (Wildman–Crippen LogP) is 2.90. The molecule has 5 nitrogen and oxygen atoms in total. The fraction of sp³-hybridized carbons (Fsp3) is 0.188. The van der Waals surface area contributed by atoms with Crippen molar-refractivity contribution in [2.45, 2.75) is 16.3 Å². The van der Waals surface area contributed by atoms with Crippen molar-refractivity contribution in [1.29, 1.82) is 0 Å². The Hall–Kier alpha value is -1.54. The topological polar surface area (TPSA) is 75.3 Å². The van der Waals surface area contributed by atoms with Gasteiger partial charge in [-0.15, -0.1) is 11.8 Å². The summed E-state index contributed by atoms with van der Waals surface area (Å²) in [6, 6.07) is 11.6. The van der Waals surface area contributed by atoms with E-state index in [0.29, 0.717) is 16.1 Å². The number of thioether (sulfide) groups is 1. The van der Waals surface area contributed by atoms with Crippen LogP contribution in [-0.4, -0.2) is 27.6 Å². The highest BCUT2D eigenvalue weighted by Crippen LogP contribution is 2.23. The molecule has 0 saturated carbocycles. The van der Waals surface area contributed by atoms with Crippen molar-refractivity contribution < 1.29 is 13.2 Å². The molecule has 24 heavy (non-hydrogen) atoms. The van der Waals surface area contributed by atoms with E-state index in [2.05, 4.69) is 10.0 Å². The van der Waals surface area contributed by atoms with Crippen molar-refractivity contribution in [2.24, 2.45) is 0 Å². The van der Waals surface area contributed by atoms with Gasteiger partial charge in [-0.25, -0.2) is 13.1 Å². The monoisotopic (exact) mass is 384 g/mol. The van der Waals surface area contributed by atoms with Crippen LogP contribution in [-0.2, 0) is 16.6 Å². The highest BCUT2D eigenvalue weighted by Gasteiger charge is 2.13. The summed E-state index contributed by atoms with van der Waals surface area (Å²) in [6.45, 7) is 0.200. The highest BCUT2D eigenvalue weighted by molar-refractivity contribution is 7.98. The number of rotatable bonds is 6. The van der Waals surface area contributed by atoms with Gasteiger partial charge in [-0.2, -0.15) is 0 Å². The van der Waals surface area contributed by atoms with Gasteiger partial charge in [0.25, 0.3) is 5.91 Å². The Balaban J connectivity index is 2.14. The van der Waals surface area contributed by atoms with Crippen LogP contribution >= 0.6 is 23.4 Å². The van der Waals surface area contributed by atoms with E-state index in [1.807, 2.05) is 12.3 Å². The molecule has 0 atom stereocenters. The number of halogens is 1. The summed E-state index contributed by atoms with van der Waals surface area (Å²) in [4.78, 5) is 13.4. The fourth-order valence-corrected chi connectivity index (χ4v) is 3.47. The van der Waals surface area contributed by atoms with Gasteiger partial charge >= 0.3 is 0 Å². The van der Waals surface area contributed by atoms with E-state index in [1.165, 1.54) is 30.9 Å². The molecule has 0 heterocycles. The van der Waals surface area contributed by atoms with E-state index in [1.54, 1.807) is 24.3 Å². The van der Waals surface area contributed by atoms with Crippen molar-refractivity contribution in [2.75, 3.05) is 13.3 Å². The summed E-state index contributed by atoms with van der Waals surface area (Å²) in [6.07, 6.45) is 1.92. The van der Waals surface area contributed by atoms with Crippen LogP contribution in [0.2, 0.25) is 5.02 Å². The number of carbonyl (C=O) groups is 1. The molecule has 0 unspecified atom stereocenters. The molecule has 2 rings (SSSR count). The third-order valence-electron chi connectivity index (χ3n) is 3.35. The van der Waals surface area contributed by atoms with Crippen molar-refractivity contribution in [3.8, 4) is 0 Å². The number of benzene rings is 2. The normalized spacial score (nSPS) is 11.3. The van der Waals surface area contributed by atoms with Gasteiger partial charge in [0.05, 0.1) is 15.5 Å². The minimum Gasteiger partial charge on any atom is -0.348 e. The first kappa shape index (κ1) is 18.8. The van der Waals surface area contributed by atoms with Crippen molar-refractivity contribution >= 4 is 39.3 Å². The van der Waals surface area contributed by atoms with E-state index < -0.39 is 10.0 Å². The molecule has 2 aromatic rings. The first-order chi connectivity index (χ1) is 11.4. The lowest BCUT2D eigenvalue weighted by Crippen LogP contribution is -2.23. The van der Waals surface area contributed by atoms with Gasteiger partial charge in [0, 0.05) is 11.4 Å². The maximum atomic E-state index is 12.3. The Morgan fingerprint density at radius 2 is 1.96 bits per heavy atom. The minimum absolute atomic E-state index is 0.152. The van der Waals surface area contributed by atoms with E-state index in [4.69, 9.17) is 11.6 Å². The summed E-state index contributed by atoms with van der Waals surface area (Å²) >= 11 is 7.59. The molecule has 1 amide bonds. The number of hydrogen-bond donors (Lipinski definition) is 2. The van der Waals surface area contributed by atoms with Crippen LogP contribution in [0.4, 0.5) is 0 Å². The van der Waals surface area contributed by atoms with Crippen LogP contribution in [0, 0.1) is 0 Å². The Labute approximate surface area is 150 Å². The van der Waals surface area contributed by atoms with E-state index in [9.17, 15) is 13.2 Å². The lowest BCUT2D eigenvalue weighted by Gasteiger charge is -2.09. The second-order valence-corrected chi connectivity index (χ2v) is 8.06. The van der Waals surface area contributed by atoms with E-state index in [-0.39, 0.29) is 17.3 Å². The maximum absolute atomic E-state index is 12.3. The molecule has 8 heteroatoms. The Morgan fingerprint density at radius 1 is 1.21 bits per heavy atom. The van der Waals surface area contributed by atoms with Crippen LogP contribution in [0.15, 0.2) is 52.3 Å². The van der Waals surface area contributed by atoms with E-state index in [0.717, 1.165) is 4.90 Å². The Kier molecular flexibility index (Phi) is 6.28. The van der Waals surface area contributed by atoms with Gasteiger partial charge in [-0.1, -0.05) is 23.7 Å². The van der Waals surface area contributed by atoms with Gasteiger partial charge in [-0.05, 0) is 49.2 Å². The number of sulfonamides is 1. The Morgan fingerprint density at radius 3 is 2.62 bits per heavy atom. The molecule has 0 aromatic heterocycles. The van der Waals surface area contributed by atoms with Crippen LogP contribution in [0.25, 0.3) is 0 Å². The van der Waals surface area contributed by atoms with Crippen LogP contribution in [0.1, 0.15) is 15.9 Å². The third kappa shape index (κ3) is 4.51. The zero-order valence-corrected chi connectivity index (χ0v) is 15.6. The van der Waals surface area contributed by atoms with Gasteiger partial charge in [0.15, 0.2) is 0 Å². The summed E-state index contributed by atoms with van der Waals surface area (Å²) < 4.78 is 25.9. The fourth-order valence-electron chi connectivity index (χ4n) is 2.02. The summed E-state index contributed by atoms with van der Waals surface area (Å²) in [7, 11) is -2.16. The Bertz CT molecular complexity index is 854. The van der Waals surface area contributed by atoms with E-state index >= 15 is 0 Å². The minimum atomic E-state index is -3.51. The largest absolute Gasteiger partial charge is 0.348 e. The molecule has 2 N–H and O–H groups in total. The number of carbonyl (C=O) groups excluding carboxylic acids is 1. The molecule has 128 valence electrons. The second kappa shape index (κ2) is 8.02. The molecule has 0 aliphatic heterocycles. The van der Waals surface area contributed by atoms with Crippen LogP contribution in [0.3, 0.4) is 0 Å². The summed E-state index contributed by atoms with van der Waals surface area (Å²) in [5.74, 6) is -0.308. The number of hydrogen-bond acceptors (Lipinski definition) is 4. The molecule has 0 fully saturated rings. The number of nitrogens with one attached hydrogen (secondary N) is 2. The molecular formula is C16H17ClN2O3S2. The average molecular weight is 385 g/mol. The standard InChI is InChI=1S/C16H17ClN2O3S2/c1-18-24(21,22)13-5-3-4-11(8-13)10-19-16(20)14-9-12(23-2)6-7-15(14)17/h3-9,18H,10H2,1-2H3,(H,19,20). The van der Waals surface area contributed by atoms with Gasteiger partial charge in [-0.3, -0.25) is 4.79 Å². The molecule has 0 bridgehead atoms. The zero-order chi connectivity index (χ0) is 17.7. The van der Waals surface area contributed by atoms with Crippen molar-refractivity contribution in [3.05, 3.63) is 58.6 Å². The third-order valence-corrected chi connectivity index (χ3v) is 5.82. The van der Waals surface area contributed by atoms with Gasteiger partial charge < -0.3 is 5.32 Å². The molecule has 0 saturated heterocycles. The summed E-state index contributed by atoms with van der Waals surface area (Å²) in [5.41, 5.74) is 1.07. The molecule has 2 aromatic carbocycles. The number of amides is 1. The highest BCUT2D eigenvalue weighted by atomic mass is 35.5. The molecule has 0 aliphatic rings. The molecule has 0 radical (unpaired) electrons. The lowest BCUT2D eigenvalue weighted by atomic mass is 10.2. The smallest absolute Gasteiger partial charge is 0.253 e. The van der Waals surface area contributed by atoms with Crippen LogP contribution in [0.5, 0.6) is 0 Å². The molecular weight excluding hydrogens is 368 g/mol. The predicted molar refractivity (Wildman–Crippen MR) is 97.1 cm³/mol. The second-order valence-electron chi connectivity index (χ2n) is 4.88. The van der Waals surface area contributed by atoms with Crippen LogP contribution < -0.4 is 10.0 Å². The average Bonchev–Trinajstić information content (AvgIpc) is 2.60. The molecule has 0 aliphatic carbocycles. The van der Waals surface area contributed by atoms with Crippen molar-refractivity contribution in [3.63, 3.8) is 0 Å².